The van der Waals surface area contributed by atoms with Gasteiger partial charge in [-0.15, -0.1) is 0 Å². The molecule has 3 rings (SSSR count). The van der Waals surface area contributed by atoms with E-state index in [1.54, 1.807) is 12.1 Å². The maximum Gasteiger partial charge on any atom is 0.419 e. The van der Waals surface area contributed by atoms with Crippen molar-refractivity contribution in [3.05, 3.63) is 67.6 Å². The molecule has 0 spiro atoms. The molecular weight excluding hydrogens is 416 g/mol. The van der Waals surface area contributed by atoms with Gasteiger partial charge in [0.2, 0.25) is 0 Å². The van der Waals surface area contributed by atoms with Gasteiger partial charge in [0.05, 0.1) is 21.1 Å². The van der Waals surface area contributed by atoms with E-state index in [0.717, 1.165) is 9.04 Å². The fourth-order valence-electron chi connectivity index (χ4n) is 2.35. The second-order valence-corrected chi connectivity index (χ2v) is 8.23. The van der Waals surface area contributed by atoms with E-state index < -0.39 is 20.5 Å². The van der Waals surface area contributed by atoms with Crippen LogP contribution < -0.4 is 5.76 Å². The highest BCUT2D eigenvalue weighted by atomic mass is 79.9. The molecule has 0 N–H and O–H groups in total. The first-order valence-corrected chi connectivity index (χ1v) is 9.48. The van der Waals surface area contributed by atoms with Crippen LogP contribution in [-0.2, 0) is 16.4 Å². The molecule has 2 aromatic carbocycles. The third-order valence-electron chi connectivity index (χ3n) is 3.62. The molecule has 0 saturated heterocycles. The summed E-state index contributed by atoms with van der Waals surface area (Å²) < 4.78 is 31.6. The van der Waals surface area contributed by atoms with Gasteiger partial charge >= 0.3 is 5.76 Å². The maximum absolute atomic E-state index is 12.4. The van der Waals surface area contributed by atoms with Gasteiger partial charge in [0.25, 0.3) is 5.69 Å². The van der Waals surface area contributed by atoms with Crippen LogP contribution in [0.4, 0.5) is 5.69 Å². The molecule has 8 nitrogen and oxygen atoms in total. The smallest absolute Gasteiger partial charge is 0.408 e. The summed E-state index contributed by atoms with van der Waals surface area (Å²) in [6.07, 6.45) is 0. The fraction of sp³-hybridized carbons (Fsp3) is 0.133. The Morgan fingerprint density at radius 3 is 2.48 bits per heavy atom. The molecule has 25 heavy (non-hydrogen) atoms. The molecule has 0 aliphatic heterocycles. The zero-order chi connectivity index (χ0) is 18.2. The summed E-state index contributed by atoms with van der Waals surface area (Å²) in [5.74, 6) is -1.10. The summed E-state index contributed by atoms with van der Waals surface area (Å²) in [7, 11) is -3.62. The Bertz CT molecular complexity index is 1120. The average Bonchev–Trinajstić information content (AvgIpc) is 2.87. The van der Waals surface area contributed by atoms with Crippen LogP contribution in [0.15, 0.2) is 61.0 Å². The van der Waals surface area contributed by atoms with Crippen molar-refractivity contribution in [2.75, 3.05) is 5.75 Å². The number of nitro groups is 1. The van der Waals surface area contributed by atoms with E-state index in [1.165, 1.54) is 30.3 Å². The highest BCUT2D eigenvalue weighted by molar-refractivity contribution is 9.10. The van der Waals surface area contributed by atoms with Crippen molar-refractivity contribution in [3.63, 3.8) is 0 Å². The molecule has 0 saturated carbocycles. The molecule has 0 aliphatic rings. The molecule has 130 valence electrons. The number of benzene rings is 2. The van der Waals surface area contributed by atoms with Gasteiger partial charge in [-0.05, 0) is 30.3 Å². The van der Waals surface area contributed by atoms with Gasteiger partial charge < -0.3 is 4.42 Å². The molecule has 1 heterocycles. The van der Waals surface area contributed by atoms with Crippen LogP contribution in [0.25, 0.3) is 11.1 Å². The largest absolute Gasteiger partial charge is 0.419 e. The number of hydrogen-bond acceptors (Lipinski definition) is 6. The normalized spacial score (nSPS) is 11.7. The van der Waals surface area contributed by atoms with E-state index in [9.17, 15) is 23.3 Å². The lowest BCUT2D eigenvalue weighted by atomic mass is 10.3. The molecule has 0 unspecified atom stereocenters. The molecule has 0 atom stereocenters. The van der Waals surface area contributed by atoms with Gasteiger partial charge in [0.15, 0.2) is 15.4 Å². The van der Waals surface area contributed by atoms with Gasteiger partial charge in [-0.3, -0.25) is 14.7 Å². The Morgan fingerprint density at radius 1 is 1.16 bits per heavy atom. The molecule has 0 radical (unpaired) electrons. The Balaban J connectivity index is 1.94. The number of non-ortho nitro benzene ring substituents is 1. The van der Waals surface area contributed by atoms with Crippen LogP contribution in [0.5, 0.6) is 0 Å². The number of nitrogens with zero attached hydrogens (tertiary/aromatic N) is 2. The van der Waals surface area contributed by atoms with Crippen LogP contribution in [0.1, 0.15) is 0 Å². The van der Waals surface area contributed by atoms with Crippen LogP contribution in [0.3, 0.4) is 0 Å². The van der Waals surface area contributed by atoms with Gasteiger partial charge in [-0.25, -0.2) is 13.2 Å². The number of aryl methyl sites for hydroxylation is 1. The van der Waals surface area contributed by atoms with Crippen molar-refractivity contribution in [2.45, 2.75) is 11.4 Å². The molecule has 1 aromatic heterocycles. The molecule has 10 heteroatoms. The van der Waals surface area contributed by atoms with Gasteiger partial charge in [-0.1, -0.05) is 15.9 Å². The highest BCUT2D eigenvalue weighted by Crippen LogP contribution is 2.21. The lowest BCUT2D eigenvalue weighted by molar-refractivity contribution is -0.384. The van der Waals surface area contributed by atoms with Crippen LogP contribution in [0.2, 0.25) is 0 Å². The van der Waals surface area contributed by atoms with Crippen molar-refractivity contribution in [1.82, 2.24) is 4.57 Å². The predicted octanol–water partition coefficient (Wildman–Crippen LogP) is 2.74. The van der Waals surface area contributed by atoms with E-state index in [1.807, 2.05) is 0 Å². The number of nitro benzene ring substituents is 1. The molecule has 0 amide bonds. The zero-order valence-electron chi connectivity index (χ0n) is 12.6. The molecule has 3 aromatic rings. The zero-order valence-corrected chi connectivity index (χ0v) is 15.0. The monoisotopic (exact) mass is 426 g/mol. The first-order valence-electron chi connectivity index (χ1n) is 7.04. The number of oxazole rings is 1. The first kappa shape index (κ1) is 17.4. The lowest BCUT2D eigenvalue weighted by Gasteiger charge is -2.05. The quantitative estimate of drug-likeness (QED) is 0.457. The SMILES string of the molecule is O=c1oc2ccc([N+](=O)[O-])cc2n1CCS(=O)(=O)c1ccc(Br)cc1. The predicted molar refractivity (Wildman–Crippen MR) is 93.3 cm³/mol. The Hall–Kier alpha value is -2.46. The van der Waals surface area contributed by atoms with Crippen molar-refractivity contribution in [2.24, 2.45) is 0 Å². The molecular formula is C15H11BrN2O6S. The summed E-state index contributed by atoms with van der Waals surface area (Å²) in [5.41, 5.74) is 0.139. The fourth-order valence-corrected chi connectivity index (χ4v) is 3.82. The van der Waals surface area contributed by atoms with Gasteiger partial charge in [0, 0.05) is 23.2 Å². The Labute approximate surface area is 149 Å². The number of fused-ring (bicyclic) bond motifs is 1. The number of aromatic nitrogens is 1. The van der Waals surface area contributed by atoms with Crippen LogP contribution in [0, 0.1) is 10.1 Å². The minimum absolute atomic E-state index is 0.127. The van der Waals surface area contributed by atoms with E-state index in [-0.39, 0.29) is 34.0 Å². The van der Waals surface area contributed by atoms with E-state index >= 15 is 0 Å². The number of halogens is 1. The number of sulfone groups is 1. The minimum atomic E-state index is -3.62. The standard InChI is InChI=1S/C15H11BrN2O6S/c16-10-1-4-12(5-2-10)25(22,23)8-7-17-13-9-11(18(20)21)3-6-14(13)24-15(17)19/h1-6,9H,7-8H2. The molecule has 0 aliphatic carbocycles. The lowest BCUT2D eigenvalue weighted by Crippen LogP contribution is -2.20. The maximum atomic E-state index is 12.4. The number of rotatable bonds is 5. The van der Waals surface area contributed by atoms with Crippen LogP contribution in [-0.4, -0.2) is 23.7 Å². The third-order valence-corrected chi connectivity index (χ3v) is 5.86. The van der Waals surface area contributed by atoms with Crippen molar-refractivity contribution in [3.8, 4) is 0 Å². The summed E-state index contributed by atoms with van der Waals surface area (Å²) in [6, 6.07) is 9.85. The average molecular weight is 427 g/mol. The minimum Gasteiger partial charge on any atom is -0.408 e. The van der Waals surface area contributed by atoms with E-state index in [0.29, 0.717) is 0 Å². The Morgan fingerprint density at radius 2 is 1.84 bits per heavy atom. The van der Waals surface area contributed by atoms with E-state index in [2.05, 4.69) is 15.9 Å². The first-order chi connectivity index (χ1) is 11.8. The van der Waals surface area contributed by atoms with E-state index in [4.69, 9.17) is 4.42 Å². The summed E-state index contributed by atoms with van der Waals surface area (Å²) in [4.78, 5) is 22.4. The third kappa shape index (κ3) is 3.49. The molecule has 0 fully saturated rings. The van der Waals surface area contributed by atoms with Crippen molar-refractivity contribution >= 4 is 42.6 Å². The van der Waals surface area contributed by atoms with Gasteiger partial charge in [0.1, 0.15) is 0 Å². The summed E-state index contributed by atoms with van der Waals surface area (Å²) >= 11 is 3.23. The summed E-state index contributed by atoms with van der Waals surface area (Å²) in [6.45, 7) is -0.175. The van der Waals surface area contributed by atoms with Crippen molar-refractivity contribution in [1.29, 1.82) is 0 Å². The number of hydrogen-bond donors (Lipinski definition) is 0. The van der Waals surface area contributed by atoms with Crippen LogP contribution >= 0.6 is 15.9 Å². The second kappa shape index (κ2) is 6.45. The summed E-state index contributed by atoms with van der Waals surface area (Å²) in [5, 5.41) is 10.9. The topological polar surface area (TPSA) is 112 Å². The highest BCUT2D eigenvalue weighted by Gasteiger charge is 2.18. The van der Waals surface area contributed by atoms with Gasteiger partial charge in [-0.2, -0.15) is 0 Å². The second-order valence-electron chi connectivity index (χ2n) is 5.20. The van der Waals surface area contributed by atoms with Crippen molar-refractivity contribution < 1.29 is 17.8 Å². The Kier molecular flexibility index (Phi) is 4.48. The molecule has 0 bridgehead atoms.